The molecule has 0 radical (unpaired) electrons. The number of piperidine rings is 1. The highest BCUT2D eigenvalue weighted by Gasteiger charge is 2.27. The van der Waals surface area contributed by atoms with Crippen molar-refractivity contribution in [2.75, 3.05) is 24.2 Å². The van der Waals surface area contributed by atoms with Crippen molar-refractivity contribution in [3.05, 3.63) is 60.2 Å². The molecule has 6 nitrogen and oxygen atoms in total. The van der Waals surface area contributed by atoms with Crippen LogP contribution in [0.15, 0.2) is 48.8 Å². The maximum Gasteiger partial charge on any atom is 0.214 e. The van der Waals surface area contributed by atoms with Gasteiger partial charge in [-0.05, 0) is 66.1 Å². The van der Waals surface area contributed by atoms with Gasteiger partial charge in [0, 0.05) is 42.6 Å². The maximum atomic E-state index is 13.8. The molecule has 166 valence electrons. The molecule has 4 rings (SSSR count). The van der Waals surface area contributed by atoms with Gasteiger partial charge in [0.15, 0.2) is 0 Å². The van der Waals surface area contributed by atoms with E-state index in [2.05, 4.69) is 10.3 Å². The van der Waals surface area contributed by atoms with Gasteiger partial charge in [-0.15, -0.1) is 0 Å². The largest absolute Gasteiger partial charge is 0.382 e. The second kappa shape index (κ2) is 9.23. The lowest BCUT2D eigenvalue weighted by molar-refractivity contribution is 0.330. The minimum atomic E-state index is -3.18. The molecule has 0 unspecified atom stereocenters. The molecule has 0 atom stereocenters. The van der Waals surface area contributed by atoms with E-state index < -0.39 is 15.8 Å². The average molecular weight is 453 g/mol. The van der Waals surface area contributed by atoms with Crippen LogP contribution in [0.5, 0.6) is 0 Å². The number of hydrogen-bond acceptors (Lipinski definition) is 5. The van der Waals surface area contributed by atoms with E-state index in [1.165, 1.54) is 6.07 Å². The van der Waals surface area contributed by atoms with E-state index in [0.717, 1.165) is 27.6 Å². The second-order valence-corrected chi connectivity index (χ2v) is 10.1. The summed E-state index contributed by atoms with van der Waals surface area (Å²) in [5.41, 5.74) is 2.52. The lowest BCUT2D eigenvalue weighted by Crippen LogP contribution is -2.43. The summed E-state index contributed by atoms with van der Waals surface area (Å²) in [7, 11) is -3.18. The number of rotatable bonds is 6. The molecule has 2 heterocycles. The molecule has 0 saturated carbocycles. The molecule has 1 saturated heterocycles. The van der Waals surface area contributed by atoms with Crippen LogP contribution in [-0.2, 0) is 10.0 Å². The molecule has 8 heteroatoms. The standard InChI is InChI=1S/C24H25FN4O2S/c1-2-11-32(30,31)29-9-6-21(7-10-29)28-24-14-19(13-18-5-8-27-16-22(18)24)17-3-4-23(25)20(12-17)15-26/h3-5,8,12-14,16,21,28H,2,6-7,9-11H2,1H3. The van der Waals surface area contributed by atoms with E-state index in [4.69, 9.17) is 0 Å². The fraction of sp³-hybridized carbons (Fsp3) is 0.333. The third-order valence-corrected chi connectivity index (χ3v) is 7.92. The lowest BCUT2D eigenvalue weighted by Gasteiger charge is -2.32. The Bertz CT molecular complexity index is 1280. The van der Waals surface area contributed by atoms with Gasteiger partial charge in [0.2, 0.25) is 10.0 Å². The van der Waals surface area contributed by atoms with E-state index in [1.807, 2.05) is 31.2 Å². The van der Waals surface area contributed by atoms with Gasteiger partial charge in [0.05, 0.1) is 11.3 Å². The Hall–Kier alpha value is -3.02. The molecular formula is C24H25FN4O2S. The van der Waals surface area contributed by atoms with Gasteiger partial charge in [-0.1, -0.05) is 13.0 Å². The monoisotopic (exact) mass is 452 g/mol. The third kappa shape index (κ3) is 4.59. The van der Waals surface area contributed by atoms with Crippen molar-refractivity contribution >= 4 is 26.5 Å². The summed E-state index contributed by atoms with van der Waals surface area (Å²) in [6, 6.07) is 12.4. The number of sulfonamides is 1. The highest BCUT2D eigenvalue weighted by molar-refractivity contribution is 7.89. The van der Waals surface area contributed by atoms with Crippen LogP contribution in [0.2, 0.25) is 0 Å². The zero-order chi connectivity index (χ0) is 22.7. The molecule has 1 aromatic heterocycles. The molecule has 1 aliphatic heterocycles. The Morgan fingerprint density at radius 1 is 1.19 bits per heavy atom. The highest BCUT2D eigenvalue weighted by Crippen LogP contribution is 2.33. The molecule has 0 bridgehead atoms. The molecule has 1 aliphatic rings. The zero-order valence-corrected chi connectivity index (χ0v) is 18.7. The number of nitrogens with one attached hydrogen (secondary N) is 1. The van der Waals surface area contributed by atoms with Gasteiger partial charge in [0.1, 0.15) is 11.9 Å². The number of fused-ring (bicyclic) bond motifs is 1. The van der Waals surface area contributed by atoms with Crippen LogP contribution < -0.4 is 5.32 Å². The molecule has 0 spiro atoms. The van der Waals surface area contributed by atoms with E-state index in [1.54, 1.807) is 28.8 Å². The van der Waals surface area contributed by atoms with Crippen LogP contribution in [-0.4, -0.2) is 42.6 Å². The summed E-state index contributed by atoms with van der Waals surface area (Å²) in [6.45, 7) is 2.87. The minimum absolute atomic E-state index is 0.00694. The van der Waals surface area contributed by atoms with Crippen molar-refractivity contribution in [2.45, 2.75) is 32.2 Å². The van der Waals surface area contributed by atoms with Gasteiger partial charge in [0.25, 0.3) is 0 Å². The van der Waals surface area contributed by atoms with Crippen molar-refractivity contribution in [3.63, 3.8) is 0 Å². The van der Waals surface area contributed by atoms with Crippen LogP contribution >= 0.6 is 0 Å². The number of benzene rings is 2. The first-order valence-corrected chi connectivity index (χ1v) is 12.3. The molecule has 0 aliphatic carbocycles. The van der Waals surface area contributed by atoms with E-state index in [0.29, 0.717) is 32.4 Å². The van der Waals surface area contributed by atoms with E-state index in [9.17, 15) is 18.1 Å². The summed E-state index contributed by atoms with van der Waals surface area (Å²) in [5.74, 6) is -0.351. The Kier molecular flexibility index (Phi) is 6.40. The number of nitrogens with zero attached hydrogens (tertiary/aromatic N) is 3. The van der Waals surface area contributed by atoms with Crippen molar-refractivity contribution < 1.29 is 12.8 Å². The predicted molar refractivity (Wildman–Crippen MR) is 124 cm³/mol. The van der Waals surface area contributed by atoms with Crippen molar-refractivity contribution in [1.82, 2.24) is 9.29 Å². The molecule has 0 amide bonds. The quantitative estimate of drug-likeness (QED) is 0.594. The Labute approximate surface area is 187 Å². The number of halogens is 1. The maximum absolute atomic E-state index is 13.8. The molecule has 2 aromatic carbocycles. The average Bonchev–Trinajstić information content (AvgIpc) is 2.79. The Morgan fingerprint density at radius 2 is 1.97 bits per heavy atom. The Balaban J connectivity index is 1.61. The zero-order valence-electron chi connectivity index (χ0n) is 17.9. The molecule has 1 N–H and O–H groups in total. The third-order valence-electron chi connectivity index (χ3n) is 5.84. The number of hydrogen-bond donors (Lipinski definition) is 1. The first kappa shape index (κ1) is 22.2. The first-order valence-electron chi connectivity index (χ1n) is 10.7. The topological polar surface area (TPSA) is 86.1 Å². The van der Waals surface area contributed by atoms with Gasteiger partial charge < -0.3 is 5.32 Å². The molecule has 3 aromatic rings. The second-order valence-electron chi connectivity index (χ2n) is 8.06. The summed E-state index contributed by atoms with van der Waals surface area (Å²) in [4.78, 5) is 4.25. The van der Waals surface area contributed by atoms with E-state index in [-0.39, 0.29) is 17.4 Å². The van der Waals surface area contributed by atoms with Gasteiger partial charge >= 0.3 is 0 Å². The highest BCUT2D eigenvalue weighted by atomic mass is 32.2. The molecular weight excluding hydrogens is 427 g/mol. The summed E-state index contributed by atoms with van der Waals surface area (Å²) >= 11 is 0. The number of pyridine rings is 1. The van der Waals surface area contributed by atoms with Crippen LogP contribution in [0.25, 0.3) is 21.9 Å². The normalized spacial score (nSPS) is 15.5. The van der Waals surface area contributed by atoms with Gasteiger partial charge in [-0.25, -0.2) is 17.1 Å². The lowest BCUT2D eigenvalue weighted by atomic mass is 9.98. The summed E-state index contributed by atoms with van der Waals surface area (Å²) in [5, 5.41) is 14.7. The fourth-order valence-corrected chi connectivity index (χ4v) is 5.70. The minimum Gasteiger partial charge on any atom is -0.382 e. The van der Waals surface area contributed by atoms with Crippen molar-refractivity contribution in [1.29, 1.82) is 5.26 Å². The van der Waals surface area contributed by atoms with Crippen molar-refractivity contribution in [3.8, 4) is 17.2 Å². The molecule has 1 fully saturated rings. The SMILES string of the molecule is CCCS(=O)(=O)N1CCC(Nc2cc(-c3ccc(F)c(C#N)c3)cc3ccncc23)CC1. The Morgan fingerprint density at radius 3 is 2.69 bits per heavy atom. The number of anilines is 1. The first-order chi connectivity index (χ1) is 15.4. The fourth-order valence-electron chi connectivity index (χ4n) is 4.16. The summed E-state index contributed by atoms with van der Waals surface area (Å²) < 4.78 is 40.1. The number of nitriles is 1. The molecule has 32 heavy (non-hydrogen) atoms. The predicted octanol–water partition coefficient (Wildman–Crippen LogP) is 4.53. The smallest absolute Gasteiger partial charge is 0.214 e. The van der Waals surface area contributed by atoms with Crippen LogP contribution in [0.4, 0.5) is 10.1 Å². The number of aromatic nitrogens is 1. The summed E-state index contributed by atoms with van der Waals surface area (Å²) in [6.07, 6.45) is 5.56. The van der Waals surface area contributed by atoms with E-state index >= 15 is 0 Å². The van der Waals surface area contributed by atoms with Gasteiger partial charge in [-0.3, -0.25) is 4.98 Å². The van der Waals surface area contributed by atoms with Gasteiger partial charge in [-0.2, -0.15) is 5.26 Å². The van der Waals surface area contributed by atoms with Crippen molar-refractivity contribution in [2.24, 2.45) is 0 Å². The van der Waals surface area contributed by atoms with Crippen LogP contribution in [0, 0.1) is 17.1 Å². The van der Waals surface area contributed by atoms with Crippen LogP contribution in [0.1, 0.15) is 31.7 Å². The van der Waals surface area contributed by atoms with Crippen LogP contribution in [0.3, 0.4) is 0 Å².